The zero-order valence-electron chi connectivity index (χ0n) is 15.7. The maximum Gasteiger partial charge on any atom is 0.407 e. The van der Waals surface area contributed by atoms with E-state index in [0.717, 1.165) is 25.9 Å². The lowest BCUT2D eigenvalue weighted by Gasteiger charge is -2.60. The zero-order valence-corrected chi connectivity index (χ0v) is 15.7. The predicted molar refractivity (Wildman–Crippen MR) is 99.0 cm³/mol. The van der Waals surface area contributed by atoms with Crippen LogP contribution in [0.3, 0.4) is 0 Å². The van der Waals surface area contributed by atoms with Crippen molar-refractivity contribution in [2.75, 3.05) is 26.2 Å². The van der Waals surface area contributed by atoms with E-state index in [9.17, 15) is 9.59 Å². The maximum absolute atomic E-state index is 12.8. The summed E-state index contributed by atoms with van der Waals surface area (Å²) < 4.78 is 4.97. The Hall–Kier alpha value is -2.04. The van der Waals surface area contributed by atoms with E-state index in [1.54, 1.807) is 0 Å². The summed E-state index contributed by atoms with van der Waals surface area (Å²) in [6.07, 6.45) is 3.52. The number of hydrogen-bond acceptors (Lipinski definition) is 3. The van der Waals surface area contributed by atoms with Gasteiger partial charge in [-0.15, -0.1) is 0 Å². The molecule has 2 amide bonds. The topological polar surface area (TPSA) is 58.6 Å². The third kappa shape index (κ3) is 3.19. The Balaban J connectivity index is 1.30. The molecule has 2 aliphatic heterocycles. The monoisotopic (exact) mass is 356 g/mol. The molecule has 4 rings (SSSR count). The van der Waals surface area contributed by atoms with E-state index in [0.29, 0.717) is 24.5 Å². The van der Waals surface area contributed by atoms with Crippen LogP contribution in [-0.4, -0.2) is 43.1 Å². The third-order valence-corrected chi connectivity index (χ3v) is 6.36. The number of aryl methyl sites for hydroxylation is 2. The van der Waals surface area contributed by atoms with Crippen LogP contribution in [-0.2, 0) is 9.53 Å². The van der Waals surface area contributed by atoms with Gasteiger partial charge in [-0.05, 0) is 56.6 Å². The maximum atomic E-state index is 12.8. The van der Waals surface area contributed by atoms with Crippen molar-refractivity contribution in [1.82, 2.24) is 10.2 Å². The Labute approximate surface area is 155 Å². The summed E-state index contributed by atoms with van der Waals surface area (Å²) in [7, 11) is 0. The Bertz CT molecular complexity index is 716. The molecule has 0 radical (unpaired) electrons. The molecule has 1 spiro atoms. The zero-order chi connectivity index (χ0) is 18.3. The number of ether oxygens (including phenoxy) is 1. The van der Waals surface area contributed by atoms with Crippen molar-refractivity contribution in [1.29, 1.82) is 0 Å². The molecule has 3 fully saturated rings. The minimum atomic E-state index is -0.405. The lowest BCUT2D eigenvalue weighted by atomic mass is 9.55. The van der Waals surface area contributed by atoms with Crippen molar-refractivity contribution in [3.05, 3.63) is 34.9 Å². The summed E-state index contributed by atoms with van der Waals surface area (Å²) >= 11 is 0. The van der Waals surface area contributed by atoms with Crippen molar-refractivity contribution < 1.29 is 14.3 Å². The van der Waals surface area contributed by atoms with E-state index >= 15 is 0 Å². The van der Waals surface area contributed by atoms with Gasteiger partial charge in [-0.1, -0.05) is 23.8 Å². The first-order valence-corrected chi connectivity index (χ1v) is 9.72. The quantitative estimate of drug-likeness (QED) is 0.886. The molecule has 0 unspecified atom stereocenters. The molecule has 140 valence electrons. The molecule has 0 aromatic heterocycles. The molecule has 1 aliphatic carbocycles. The molecule has 1 aromatic carbocycles. The fourth-order valence-corrected chi connectivity index (χ4v) is 4.99. The average Bonchev–Trinajstić information content (AvgIpc) is 2.50. The molecule has 2 saturated heterocycles. The molecule has 5 nitrogen and oxygen atoms in total. The van der Waals surface area contributed by atoms with E-state index < -0.39 is 6.09 Å². The van der Waals surface area contributed by atoms with Gasteiger partial charge in [0.05, 0.1) is 12.5 Å². The molecule has 1 saturated carbocycles. The number of carbonyl (C=O) groups excluding carboxylic acids is 2. The summed E-state index contributed by atoms with van der Waals surface area (Å²) in [4.78, 5) is 26.1. The van der Waals surface area contributed by atoms with E-state index in [1.807, 2.05) is 4.90 Å². The number of likely N-dealkylation sites (tertiary alicyclic amines) is 1. The number of nitrogens with zero attached hydrogens (tertiary/aromatic N) is 1. The van der Waals surface area contributed by atoms with Crippen LogP contribution >= 0.6 is 0 Å². The minimum Gasteiger partial charge on any atom is -0.450 e. The highest BCUT2D eigenvalue weighted by Crippen LogP contribution is 2.56. The second-order valence-electron chi connectivity index (χ2n) is 8.52. The largest absolute Gasteiger partial charge is 0.450 e. The number of alkyl carbamates (subject to hydrolysis) is 1. The van der Waals surface area contributed by atoms with Gasteiger partial charge in [-0.3, -0.25) is 4.79 Å². The lowest BCUT2D eigenvalue weighted by molar-refractivity contribution is -0.156. The molecule has 5 heteroatoms. The third-order valence-electron chi connectivity index (χ3n) is 6.36. The number of carbonyl (C=O) groups is 2. The Morgan fingerprint density at radius 1 is 1.27 bits per heavy atom. The highest BCUT2D eigenvalue weighted by Gasteiger charge is 2.54. The number of amides is 2. The molecule has 3 aliphatic rings. The Morgan fingerprint density at radius 3 is 2.77 bits per heavy atom. The molecule has 2 heterocycles. The average molecular weight is 356 g/mol. The van der Waals surface area contributed by atoms with E-state index in [1.165, 1.54) is 29.5 Å². The Morgan fingerprint density at radius 2 is 2.04 bits per heavy atom. The molecule has 1 atom stereocenters. The summed E-state index contributed by atoms with van der Waals surface area (Å²) in [5.74, 6) is 0.744. The molecular formula is C21H28N2O3. The van der Waals surface area contributed by atoms with Crippen molar-refractivity contribution in [3.8, 4) is 0 Å². The van der Waals surface area contributed by atoms with Crippen molar-refractivity contribution in [2.24, 2.45) is 11.3 Å². The summed E-state index contributed by atoms with van der Waals surface area (Å²) in [6, 6.07) is 6.75. The van der Waals surface area contributed by atoms with E-state index in [2.05, 4.69) is 37.4 Å². The van der Waals surface area contributed by atoms with Gasteiger partial charge in [-0.2, -0.15) is 0 Å². The first-order chi connectivity index (χ1) is 12.5. The number of hydrogen-bond donors (Lipinski definition) is 1. The van der Waals surface area contributed by atoms with Crippen LogP contribution in [0.2, 0.25) is 0 Å². The second-order valence-corrected chi connectivity index (χ2v) is 8.52. The summed E-state index contributed by atoms with van der Waals surface area (Å²) in [5, 5.41) is 2.70. The lowest BCUT2D eigenvalue weighted by Crippen LogP contribution is -2.64. The molecular weight excluding hydrogens is 328 g/mol. The first kappa shape index (κ1) is 17.4. The van der Waals surface area contributed by atoms with Gasteiger partial charge in [0.2, 0.25) is 5.91 Å². The van der Waals surface area contributed by atoms with E-state index in [-0.39, 0.29) is 11.8 Å². The fraction of sp³-hybridized carbons (Fsp3) is 0.619. The van der Waals surface area contributed by atoms with Crippen molar-refractivity contribution in [3.63, 3.8) is 0 Å². The van der Waals surface area contributed by atoms with Gasteiger partial charge in [-0.25, -0.2) is 4.79 Å². The van der Waals surface area contributed by atoms with Gasteiger partial charge in [0.1, 0.15) is 0 Å². The first-order valence-electron chi connectivity index (χ1n) is 9.72. The number of rotatable bonds is 2. The summed E-state index contributed by atoms with van der Waals surface area (Å²) in [6.45, 7) is 6.90. The number of cyclic esters (lactones) is 1. The second kappa shape index (κ2) is 6.60. The Kier molecular flexibility index (Phi) is 4.41. The molecule has 26 heavy (non-hydrogen) atoms. The van der Waals surface area contributed by atoms with Crippen LogP contribution < -0.4 is 5.32 Å². The minimum absolute atomic E-state index is 0.101. The van der Waals surface area contributed by atoms with E-state index in [4.69, 9.17) is 4.74 Å². The van der Waals surface area contributed by atoms with Gasteiger partial charge >= 0.3 is 6.09 Å². The highest BCUT2D eigenvalue weighted by molar-refractivity contribution is 5.81. The van der Waals surface area contributed by atoms with Gasteiger partial charge < -0.3 is 15.0 Å². The van der Waals surface area contributed by atoms with Crippen LogP contribution in [0.5, 0.6) is 0 Å². The standard InChI is InChI=1S/C21H28N2O3/c1-14-5-6-18(15(2)8-14)17-9-21(10-17)12-23(13-21)19(24)16-4-3-7-26-20(25)22-11-16/h5-6,8,16-17H,3-4,7,9-13H2,1-2H3,(H,22,25)/t16-/m1/s1. The van der Waals surface area contributed by atoms with Crippen molar-refractivity contribution in [2.45, 2.75) is 45.4 Å². The number of benzene rings is 1. The van der Waals surface area contributed by atoms with Crippen LogP contribution in [0.4, 0.5) is 4.79 Å². The van der Waals surface area contributed by atoms with Gasteiger partial charge in [0, 0.05) is 25.0 Å². The van der Waals surface area contributed by atoms with Crippen LogP contribution in [0.25, 0.3) is 0 Å². The van der Waals surface area contributed by atoms with Crippen LogP contribution in [0.15, 0.2) is 18.2 Å². The van der Waals surface area contributed by atoms with Gasteiger partial charge in [0.15, 0.2) is 0 Å². The predicted octanol–water partition coefficient (Wildman–Crippen LogP) is 3.15. The SMILES string of the molecule is Cc1ccc(C2CC3(C2)CN(C(=O)[C@@H]2CCCOC(=O)NC2)C3)c(C)c1. The summed E-state index contributed by atoms with van der Waals surface area (Å²) in [5.41, 5.74) is 4.53. The van der Waals surface area contributed by atoms with Crippen molar-refractivity contribution >= 4 is 12.0 Å². The molecule has 1 aromatic rings. The molecule has 0 bridgehead atoms. The highest BCUT2D eigenvalue weighted by atomic mass is 16.5. The smallest absolute Gasteiger partial charge is 0.407 e. The van der Waals surface area contributed by atoms with Crippen LogP contribution in [0, 0.1) is 25.2 Å². The normalized spacial score (nSPS) is 25.4. The van der Waals surface area contributed by atoms with Crippen LogP contribution in [0.1, 0.15) is 48.3 Å². The number of nitrogens with one attached hydrogen (secondary N) is 1. The van der Waals surface area contributed by atoms with Gasteiger partial charge in [0.25, 0.3) is 0 Å². The fourth-order valence-electron chi connectivity index (χ4n) is 4.99. The molecule has 1 N–H and O–H groups in total.